The Kier molecular flexibility index (Phi) is 5.53. The van der Waals surface area contributed by atoms with Crippen molar-refractivity contribution in [2.45, 2.75) is 39.0 Å². The number of nitrogen functional groups attached to an aromatic ring is 2. The highest BCUT2D eigenvalue weighted by atomic mass is 16.5. The van der Waals surface area contributed by atoms with Gasteiger partial charge in [-0.2, -0.15) is 0 Å². The number of hydrogen-bond donors (Lipinski definition) is 2. The normalized spacial score (nSPS) is 15.7. The first kappa shape index (κ1) is 15.0. The molecule has 0 saturated carbocycles. The van der Waals surface area contributed by atoms with E-state index in [0.29, 0.717) is 11.4 Å². The van der Waals surface area contributed by atoms with Crippen molar-refractivity contribution in [1.82, 2.24) is 4.90 Å². The number of nitrogens with zero attached hydrogens (tertiary/aromatic N) is 1. The predicted molar refractivity (Wildman–Crippen MR) is 85.0 cm³/mol. The lowest BCUT2D eigenvalue weighted by molar-refractivity contribution is 0.236. The second kappa shape index (κ2) is 7.39. The molecule has 0 unspecified atom stereocenters. The zero-order chi connectivity index (χ0) is 14.4. The Balaban J connectivity index is 1.96. The summed E-state index contributed by atoms with van der Waals surface area (Å²) in [4.78, 5) is 2.45. The molecule has 1 aromatic rings. The number of rotatable bonds is 7. The van der Waals surface area contributed by atoms with Gasteiger partial charge in [-0.3, -0.25) is 4.90 Å². The summed E-state index contributed by atoms with van der Waals surface area (Å²) in [7, 11) is 0. The molecule has 4 heteroatoms. The number of benzene rings is 1. The van der Waals surface area contributed by atoms with Crippen LogP contribution in [0.3, 0.4) is 0 Å². The highest BCUT2D eigenvalue weighted by Crippen LogP contribution is 2.31. The molecule has 0 amide bonds. The first-order valence-corrected chi connectivity index (χ1v) is 7.74. The Bertz CT molecular complexity index is 428. The van der Waals surface area contributed by atoms with Gasteiger partial charge in [0.2, 0.25) is 0 Å². The number of nitrogens with two attached hydrogens (primary N) is 2. The minimum Gasteiger partial charge on any atom is -0.492 e. The van der Waals surface area contributed by atoms with Crippen molar-refractivity contribution in [2.75, 3.05) is 37.7 Å². The Morgan fingerprint density at radius 1 is 1.20 bits per heavy atom. The second-order valence-corrected chi connectivity index (χ2v) is 5.55. The fourth-order valence-electron chi connectivity index (χ4n) is 2.70. The van der Waals surface area contributed by atoms with Gasteiger partial charge in [0.05, 0.1) is 11.4 Å². The molecule has 0 radical (unpaired) electrons. The molecule has 20 heavy (non-hydrogen) atoms. The van der Waals surface area contributed by atoms with E-state index in [1.165, 1.54) is 25.9 Å². The summed E-state index contributed by atoms with van der Waals surface area (Å²) >= 11 is 0. The van der Waals surface area contributed by atoms with E-state index < -0.39 is 0 Å². The van der Waals surface area contributed by atoms with Crippen LogP contribution in [0, 0.1) is 0 Å². The third-order valence-corrected chi connectivity index (χ3v) is 3.99. The van der Waals surface area contributed by atoms with Gasteiger partial charge >= 0.3 is 0 Å². The third kappa shape index (κ3) is 3.79. The van der Waals surface area contributed by atoms with Crippen LogP contribution in [0.2, 0.25) is 0 Å². The van der Waals surface area contributed by atoms with Crippen molar-refractivity contribution in [3.8, 4) is 5.75 Å². The van der Waals surface area contributed by atoms with Gasteiger partial charge in [0.25, 0.3) is 0 Å². The molecule has 0 aromatic heterocycles. The van der Waals surface area contributed by atoms with Gasteiger partial charge in [0, 0.05) is 12.1 Å². The average molecular weight is 277 g/mol. The molecular formula is C16H27N3O. The van der Waals surface area contributed by atoms with Gasteiger partial charge < -0.3 is 16.2 Å². The average Bonchev–Trinajstić information content (AvgIpc) is 2.95. The molecule has 1 fully saturated rings. The lowest BCUT2D eigenvalue weighted by Crippen LogP contribution is -2.25. The van der Waals surface area contributed by atoms with E-state index in [1.54, 1.807) is 0 Å². The van der Waals surface area contributed by atoms with Crippen LogP contribution in [0.5, 0.6) is 5.75 Å². The Hall–Kier alpha value is -1.42. The minimum atomic E-state index is 0.656. The van der Waals surface area contributed by atoms with Crippen LogP contribution in [-0.4, -0.2) is 31.1 Å². The van der Waals surface area contributed by atoms with Crippen LogP contribution >= 0.6 is 0 Å². The van der Waals surface area contributed by atoms with Crippen LogP contribution in [0.25, 0.3) is 0 Å². The zero-order valence-electron chi connectivity index (χ0n) is 12.5. The van der Waals surface area contributed by atoms with Gasteiger partial charge in [0.1, 0.15) is 12.4 Å². The van der Waals surface area contributed by atoms with Crippen LogP contribution < -0.4 is 16.2 Å². The minimum absolute atomic E-state index is 0.656. The molecular weight excluding hydrogens is 250 g/mol. The SMILES string of the molecule is CCCCc1c(OCCN2CCCC2)ccc(N)c1N. The molecule has 0 atom stereocenters. The summed E-state index contributed by atoms with van der Waals surface area (Å²) in [5, 5.41) is 0. The first-order chi connectivity index (χ1) is 9.72. The molecule has 0 aliphatic carbocycles. The van der Waals surface area contributed by atoms with Crippen molar-refractivity contribution >= 4 is 11.4 Å². The van der Waals surface area contributed by atoms with Gasteiger partial charge in [-0.15, -0.1) is 0 Å². The number of likely N-dealkylation sites (tertiary alicyclic amines) is 1. The zero-order valence-corrected chi connectivity index (χ0v) is 12.5. The summed E-state index contributed by atoms with van der Waals surface area (Å²) < 4.78 is 5.95. The Morgan fingerprint density at radius 2 is 1.95 bits per heavy atom. The molecule has 1 aliphatic rings. The lowest BCUT2D eigenvalue weighted by Gasteiger charge is -2.18. The van der Waals surface area contributed by atoms with Crippen LogP contribution in [0.4, 0.5) is 11.4 Å². The quantitative estimate of drug-likeness (QED) is 0.752. The standard InChI is InChI=1S/C16H27N3O/c1-2-3-6-13-15(8-7-14(17)16(13)18)20-12-11-19-9-4-5-10-19/h7-8H,2-6,9-12,17-18H2,1H3. The second-order valence-electron chi connectivity index (χ2n) is 5.55. The van der Waals surface area contributed by atoms with Crippen molar-refractivity contribution in [2.24, 2.45) is 0 Å². The van der Waals surface area contributed by atoms with Crippen LogP contribution in [0.1, 0.15) is 38.2 Å². The molecule has 2 rings (SSSR count). The highest BCUT2D eigenvalue weighted by molar-refractivity contribution is 5.71. The Morgan fingerprint density at radius 3 is 2.65 bits per heavy atom. The van der Waals surface area contributed by atoms with Crippen LogP contribution in [-0.2, 0) is 6.42 Å². The van der Waals surface area contributed by atoms with E-state index >= 15 is 0 Å². The van der Waals surface area contributed by atoms with Crippen molar-refractivity contribution in [3.63, 3.8) is 0 Å². The molecule has 1 saturated heterocycles. The maximum Gasteiger partial charge on any atom is 0.124 e. The molecule has 4 nitrogen and oxygen atoms in total. The monoisotopic (exact) mass is 277 g/mol. The summed E-state index contributed by atoms with van der Waals surface area (Å²) in [5.41, 5.74) is 14.4. The molecule has 0 bridgehead atoms. The largest absolute Gasteiger partial charge is 0.492 e. The number of unbranched alkanes of at least 4 members (excludes halogenated alkanes) is 1. The fraction of sp³-hybridized carbons (Fsp3) is 0.625. The topological polar surface area (TPSA) is 64.5 Å². The molecule has 1 heterocycles. The smallest absolute Gasteiger partial charge is 0.124 e. The third-order valence-electron chi connectivity index (χ3n) is 3.99. The molecule has 4 N–H and O–H groups in total. The van der Waals surface area contributed by atoms with Crippen molar-refractivity contribution < 1.29 is 4.74 Å². The number of hydrogen-bond acceptors (Lipinski definition) is 4. The van der Waals surface area contributed by atoms with Crippen LogP contribution in [0.15, 0.2) is 12.1 Å². The van der Waals surface area contributed by atoms with E-state index in [0.717, 1.165) is 43.7 Å². The summed E-state index contributed by atoms with van der Waals surface area (Å²) in [6.07, 6.45) is 5.82. The van der Waals surface area contributed by atoms with Gasteiger partial charge in [-0.05, 0) is 50.9 Å². The predicted octanol–water partition coefficient (Wildman–Crippen LogP) is 2.67. The van der Waals surface area contributed by atoms with Crippen molar-refractivity contribution in [3.05, 3.63) is 17.7 Å². The van der Waals surface area contributed by atoms with E-state index in [-0.39, 0.29) is 0 Å². The lowest BCUT2D eigenvalue weighted by atomic mass is 10.0. The summed E-state index contributed by atoms with van der Waals surface area (Å²) in [6, 6.07) is 3.80. The van der Waals surface area contributed by atoms with E-state index in [9.17, 15) is 0 Å². The first-order valence-electron chi connectivity index (χ1n) is 7.74. The van der Waals surface area contributed by atoms with E-state index in [1.807, 2.05) is 12.1 Å². The molecule has 112 valence electrons. The molecule has 1 aromatic carbocycles. The van der Waals surface area contributed by atoms with Crippen molar-refractivity contribution in [1.29, 1.82) is 0 Å². The van der Waals surface area contributed by atoms with E-state index in [4.69, 9.17) is 16.2 Å². The fourth-order valence-corrected chi connectivity index (χ4v) is 2.70. The summed E-state index contributed by atoms with van der Waals surface area (Å²) in [6.45, 7) is 6.31. The van der Waals surface area contributed by atoms with Gasteiger partial charge in [0.15, 0.2) is 0 Å². The van der Waals surface area contributed by atoms with Gasteiger partial charge in [-0.1, -0.05) is 13.3 Å². The number of ether oxygens (including phenoxy) is 1. The maximum absolute atomic E-state index is 6.10. The van der Waals surface area contributed by atoms with E-state index in [2.05, 4.69) is 11.8 Å². The number of anilines is 2. The molecule has 0 spiro atoms. The highest BCUT2D eigenvalue weighted by Gasteiger charge is 2.13. The maximum atomic E-state index is 6.10. The molecule has 1 aliphatic heterocycles. The van der Waals surface area contributed by atoms with Gasteiger partial charge in [-0.25, -0.2) is 0 Å². The Labute approximate surface area is 122 Å². The summed E-state index contributed by atoms with van der Waals surface area (Å²) in [5.74, 6) is 0.907.